The third-order valence-electron chi connectivity index (χ3n) is 3.21. The summed E-state index contributed by atoms with van der Waals surface area (Å²) in [6, 6.07) is 2.21. The summed E-state index contributed by atoms with van der Waals surface area (Å²) < 4.78 is 0. The smallest absolute Gasteiger partial charge is 0.223 e. The number of fused-ring (bicyclic) bond motifs is 1. The van der Waals surface area contributed by atoms with E-state index in [0.717, 1.165) is 48.6 Å². The predicted molar refractivity (Wildman–Crippen MR) is 76.3 cm³/mol. The van der Waals surface area contributed by atoms with Gasteiger partial charge in [-0.2, -0.15) is 4.98 Å². The largest absolute Gasteiger partial charge is 0.368 e. The van der Waals surface area contributed by atoms with Gasteiger partial charge in [0, 0.05) is 31.1 Å². The maximum atomic E-state index is 5.82. The monoisotopic (exact) mass is 263 g/mol. The fourth-order valence-electron chi connectivity index (χ4n) is 2.26. The Hall–Kier alpha value is -1.40. The van der Waals surface area contributed by atoms with Gasteiger partial charge in [-0.05, 0) is 12.5 Å². The molecule has 3 heterocycles. The molecule has 1 saturated heterocycles. The van der Waals surface area contributed by atoms with Gasteiger partial charge in [-0.25, -0.2) is 4.98 Å². The number of nitrogens with one attached hydrogen (secondary N) is 1. The third-order valence-corrected chi connectivity index (χ3v) is 4.38. The Morgan fingerprint density at radius 1 is 1.39 bits per heavy atom. The van der Waals surface area contributed by atoms with E-state index < -0.39 is 0 Å². The molecule has 0 spiro atoms. The summed E-state index contributed by atoms with van der Waals surface area (Å²) in [6.07, 6.45) is 1.03. The quantitative estimate of drug-likeness (QED) is 0.853. The second kappa shape index (κ2) is 4.70. The molecule has 96 valence electrons. The summed E-state index contributed by atoms with van der Waals surface area (Å²) in [5.41, 5.74) is 5.82. The number of aryl methyl sites for hydroxylation is 1. The van der Waals surface area contributed by atoms with Crippen molar-refractivity contribution < 1.29 is 0 Å². The topological polar surface area (TPSA) is 67.1 Å². The fourth-order valence-corrected chi connectivity index (χ4v) is 3.23. The van der Waals surface area contributed by atoms with Gasteiger partial charge in [0.25, 0.3) is 0 Å². The zero-order valence-electron chi connectivity index (χ0n) is 10.4. The lowest BCUT2D eigenvalue weighted by atomic mass is 10.2. The van der Waals surface area contributed by atoms with Crippen molar-refractivity contribution in [1.82, 2.24) is 15.3 Å². The van der Waals surface area contributed by atoms with Gasteiger partial charge < -0.3 is 16.0 Å². The lowest BCUT2D eigenvalue weighted by Gasteiger charge is -2.28. The van der Waals surface area contributed by atoms with Crippen LogP contribution in [-0.4, -0.2) is 36.1 Å². The molecule has 0 atom stereocenters. The highest BCUT2D eigenvalue weighted by Gasteiger charge is 2.17. The first kappa shape index (κ1) is 11.7. The summed E-state index contributed by atoms with van der Waals surface area (Å²) in [7, 11) is 0. The zero-order chi connectivity index (χ0) is 12.5. The summed E-state index contributed by atoms with van der Waals surface area (Å²) in [5, 5.41) is 4.50. The lowest BCUT2D eigenvalue weighted by molar-refractivity contribution is 0.586. The van der Waals surface area contributed by atoms with E-state index in [-0.39, 0.29) is 0 Å². The number of hydrogen-bond donors (Lipinski definition) is 2. The molecule has 18 heavy (non-hydrogen) atoms. The maximum Gasteiger partial charge on any atom is 0.223 e. The van der Waals surface area contributed by atoms with Gasteiger partial charge in [0.1, 0.15) is 10.6 Å². The highest BCUT2D eigenvalue weighted by molar-refractivity contribution is 7.18. The third kappa shape index (κ3) is 2.02. The molecule has 0 amide bonds. The van der Waals surface area contributed by atoms with Crippen molar-refractivity contribution in [2.24, 2.45) is 0 Å². The molecule has 5 nitrogen and oxygen atoms in total. The molecule has 0 saturated carbocycles. The zero-order valence-corrected chi connectivity index (χ0v) is 11.3. The second-order valence-electron chi connectivity index (χ2n) is 4.43. The van der Waals surface area contributed by atoms with E-state index >= 15 is 0 Å². The fraction of sp³-hybridized carbons (Fsp3) is 0.500. The molecule has 3 N–H and O–H groups in total. The summed E-state index contributed by atoms with van der Waals surface area (Å²) in [6.45, 7) is 6.10. The molecule has 1 aliphatic heterocycles. The summed E-state index contributed by atoms with van der Waals surface area (Å²) in [4.78, 5) is 13.4. The predicted octanol–water partition coefficient (Wildman–Crippen LogP) is 1.25. The number of piperazine rings is 1. The van der Waals surface area contributed by atoms with E-state index in [9.17, 15) is 0 Å². The first-order valence-corrected chi connectivity index (χ1v) is 7.11. The minimum atomic E-state index is 0.375. The second-order valence-corrected chi connectivity index (χ2v) is 5.54. The van der Waals surface area contributed by atoms with Crippen LogP contribution in [0.5, 0.6) is 0 Å². The summed E-state index contributed by atoms with van der Waals surface area (Å²) in [5.74, 6) is 1.37. The Kier molecular flexibility index (Phi) is 3.05. The number of rotatable bonds is 2. The van der Waals surface area contributed by atoms with Crippen LogP contribution in [0.25, 0.3) is 10.2 Å². The van der Waals surface area contributed by atoms with Gasteiger partial charge in [-0.3, -0.25) is 0 Å². The van der Waals surface area contributed by atoms with Crippen LogP contribution in [0.4, 0.5) is 11.8 Å². The molecule has 6 heteroatoms. The summed E-state index contributed by atoms with van der Waals surface area (Å²) >= 11 is 1.72. The molecule has 2 aromatic rings. The normalized spacial score (nSPS) is 16.4. The minimum Gasteiger partial charge on any atom is -0.368 e. The molecule has 0 unspecified atom stereocenters. The average molecular weight is 263 g/mol. The average Bonchev–Trinajstić information content (AvgIpc) is 2.81. The number of thiophene rings is 1. The standard InChI is InChI=1S/C12H17N5S/c1-2-8-7-9-10(17-5-3-14-4-6-17)15-12(13)16-11(9)18-8/h7,14H,2-6H2,1H3,(H2,13,15,16). The number of nitrogens with two attached hydrogens (primary N) is 1. The lowest BCUT2D eigenvalue weighted by Crippen LogP contribution is -2.44. The molecular formula is C12H17N5S. The van der Waals surface area contributed by atoms with E-state index in [0.29, 0.717) is 5.95 Å². The Labute approximate surface area is 110 Å². The molecule has 0 radical (unpaired) electrons. The molecule has 0 bridgehead atoms. The first-order chi connectivity index (χ1) is 8.78. The Bertz CT molecular complexity index is 559. The number of nitrogens with zero attached hydrogens (tertiary/aromatic N) is 3. The molecule has 1 fully saturated rings. The van der Waals surface area contributed by atoms with Crippen molar-refractivity contribution in [3.05, 3.63) is 10.9 Å². The van der Waals surface area contributed by atoms with Crippen LogP contribution in [0.3, 0.4) is 0 Å². The van der Waals surface area contributed by atoms with E-state index in [1.807, 2.05) is 0 Å². The van der Waals surface area contributed by atoms with Crippen LogP contribution in [-0.2, 0) is 6.42 Å². The van der Waals surface area contributed by atoms with Crippen LogP contribution < -0.4 is 16.0 Å². The van der Waals surface area contributed by atoms with Gasteiger partial charge in [0.2, 0.25) is 5.95 Å². The van der Waals surface area contributed by atoms with E-state index in [1.54, 1.807) is 11.3 Å². The van der Waals surface area contributed by atoms with Crippen molar-refractivity contribution in [2.45, 2.75) is 13.3 Å². The van der Waals surface area contributed by atoms with Crippen LogP contribution >= 0.6 is 11.3 Å². The number of aromatic nitrogens is 2. The van der Waals surface area contributed by atoms with Crippen molar-refractivity contribution in [3.8, 4) is 0 Å². The van der Waals surface area contributed by atoms with E-state index in [1.165, 1.54) is 4.88 Å². The molecule has 0 aliphatic carbocycles. The maximum absolute atomic E-state index is 5.82. The van der Waals surface area contributed by atoms with Gasteiger partial charge in [0.15, 0.2) is 0 Å². The van der Waals surface area contributed by atoms with Crippen LogP contribution in [0.15, 0.2) is 6.07 Å². The van der Waals surface area contributed by atoms with Crippen LogP contribution in [0, 0.1) is 0 Å². The Balaban J connectivity index is 2.10. The van der Waals surface area contributed by atoms with Crippen molar-refractivity contribution in [2.75, 3.05) is 36.8 Å². The van der Waals surface area contributed by atoms with E-state index in [4.69, 9.17) is 5.73 Å². The number of hydrogen-bond acceptors (Lipinski definition) is 6. The van der Waals surface area contributed by atoms with Crippen molar-refractivity contribution in [3.63, 3.8) is 0 Å². The number of nitrogen functional groups attached to an aromatic ring is 1. The highest BCUT2D eigenvalue weighted by atomic mass is 32.1. The minimum absolute atomic E-state index is 0.375. The first-order valence-electron chi connectivity index (χ1n) is 6.29. The Morgan fingerprint density at radius 2 is 2.17 bits per heavy atom. The molecular weight excluding hydrogens is 246 g/mol. The molecule has 2 aromatic heterocycles. The van der Waals surface area contributed by atoms with Crippen molar-refractivity contribution >= 4 is 33.3 Å². The molecule has 1 aliphatic rings. The van der Waals surface area contributed by atoms with Gasteiger partial charge in [0.05, 0.1) is 5.39 Å². The van der Waals surface area contributed by atoms with Gasteiger partial charge in [-0.15, -0.1) is 11.3 Å². The van der Waals surface area contributed by atoms with Crippen molar-refractivity contribution in [1.29, 1.82) is 0 Å². The SMILES string of the molecule is CCc1cc2c(N3CCNCC3)nc(N)nc2s1. The molecule has 3 rings (SSSR count). The van der Waals surface area contributed by atoms with Crippen LogP contribution in [0.1, 0.15) is 11.8 Å². The number of anilines is 2. The van der Waals surface area contributed by atoms with Gasteiger partial charge in [-0.1, -0.05) is 6.92 Å². The highest BCUT2D eigenvalue weighted by Crippen LogP contribution is 2.31. The Morgan fingerprint density at radius 3 is 2.89 bits per heavy atom. The van der Waals surface area contributed by atoms with Crippen LogP contribution in [0.2, 0.25) is 0 Å². The van der Waals surface area contributed by atoms with Gasteiger partial charge >= 0.3 is 0 Å². The molecule has 0 aromatic carbocycles. The van der Waals surface area contributed by atoms with E-state index in [2.05, 4.69) is 33.2 Å².